The van der Waals surface area contributed by atoms with E-state index in [1.807, 2.05) is 48.5 Å². The van der Waals surface area contributed by atoms with Crippen LogP contribution in [0.25, 0.3) is 0 Å². The molecule has 0 saturated heterocycles. The van der Waals surface area contributed by atoms with E-state index in [1.165, 1.54) is 16.2 Å². The molecule has 3 heteroatoms. The Morgan fingerprint density at radius 3 is 1.89 bits per heavy atom. The lowest BCUT2D eigenvalue weighted by atomic mass is 9.78. The second kappa shape index (κ2) is 7.77. The first-order valence-corrected chi connectivity index (χ1v) is 10.8. The molecule has 27 heavy (non-hydrogen) atoms. The van der Waals surface area contributed by atoms with Crippen molar-refractivity contribution in [3.8, 4) is 5.75 Å². The van der Waals surface area contributed by atoms with Gasteiger partial charge >= 0.3 is 0 Å². The second-order valence-electron chi connectivity index (χ2n) is 7.02. The van der Waals surface area contributed by atoms with Crippen molar-refractivity contribution in [2.24, 2.45) is 0 Å². The molecule has 138 valence electrons. The minimum Gasteiger partial charge on any atom is -0.484 e. The van der Waals surface area contributed by atoms with Crippen LogP contribution in [0.2, 0.25) is 0 Å². The van der Waals surface area contributed by atoms with Crippen LogP contribution in [0, 0.1) is 5.82 Å². The fraction of sp³-hybridized carbons (Fsp3) is 0.250. The number of rotatable bonds is 6. The molecule has 1 aliphatic rings. The van der Waals surface area contributed by atoms with Gasteiger partial charge in [0.2, 0.25) is 0 Å². The van der Waals surface area contributed by atoms with E-state index in [-0.39, 0.29) is 22.3 Å². The Bertz CT molecular complexity index is 846. The highest BCUT2D eigenvalue weighted by Gasteiger charge is 2.38. The first kappa shape index (κ1) is 18.1. The monoisotopic (exact) mass is 379 g/mol. The maximum absolute atomic E-state index is 14.9. The van der Waals surface area contributed by atoms with Gasteiger partial charge in [0, 0.05) is 6.07 Å². The Kier molecular flexibility index (Phi) is 5.22. The molecule has 1 fully saturated rings. The lowest BCUT2D eigenvalue weighted by Gasteiger charge is -2.41. The molecule has 0 bridgehead atoms. The van der Waals surface area contributed by atoms with E-state index < -0.39 is 0 Å². The highest BCUT2D eigenvalue weighted by molar-refractivity contribution is 7.97. The van der Waals surface area contributed by atoms with Gasteiger partial charge in [0.1, 0.15) is 5.60 Å². The summed E-state index contributed by atoms with van der Waals surface area (Å²) in [5, 5.41) is 0. The summed E-state index contributed by atoms with van der Waals surface area (Å²) >= 11 is 0. The Morgan fingerprint density at radius 1 is 0.852 bits per heavy atom. The Morgan fingerprint density at radius 2 is 1.44 bits per heavy atom. The fourth-order valence-electron chi connectivity index (χ4n) is 3.54. The zero-order valence-electron chi connectivity index (χ0n) is 15.5. The SMILES string of the molecule is CCC1(Oc2ccc([S+](c3ccccc3)c3ccccc3)cc2F)CCC1. The maximum Gasteiger partial charge on any atom is 0.170 e. The summed E-state index contributed by atoms with van der Waals surface area (Å²) in [7, 11) is -0.341. The van der Waals surface area contributed by atoms with Crippen molar-refractivity contribution < 1.29 is 9.13 Å². The van der Waals surface area contributed by atoms with Crippen LogP contribution < -0.4 is 4.74 Å². The van der Waals surface area contributed by atoms with Gasteiger partial charge in [-0.2, -0.15) is 0 Å². The molecule has 0 atom stereocenters. The summed E-state index contributed by atoms with van der Waals surface area (Å²) in [6, 6.07) is 26.1. The smallest absolute Gasteiger partial charge is 0.170 e. The van der Waals surface area contributed by atoms with E-state index in [0.717, 1.165) is 24.2 Å². The van der Waals surface area contributed by atoms with Crippen LogP contribution in [-0.2, 0) is 10.9 Å². The van der Waals surface area contributed by atoms with Crippen molar-refractivity contribution in [3.05, 3.63) is 84.7 Å². The standard InChI is InChI=1S/C24H24FOS/c1-2-24(16-9-17-24)26-23-15-14-21(18-22(23)25)27(19-10-5-3-6-11-19)20-12-7-4-8-13-20/h3-8,10-15,18H,2,9,16-17H2,1H3/q+1. The Labute approximate surface area is 163 Å². The number of benzene rings is 3. The number of hydrogen-bond acceptors (Lipinski definition) is 1. The molecule has 1 aliphatic carbocycles. The highest BCUT2D eigenvalue weighted by Crippen LogP contribution is 2.41. The van der Waals surface area contributed by atoms with Crippen LogP contribution >= 0.6 is 0 Å². The first-order chi connectivity index (χ1) is 13.2. The van der Waals surface area contributed by atoms with Crippen molar-refractivity contribution in [3.63, 3.8) is 0 Å². The van der Waals surface area contributed by atoms with Crippen LogP contribution in [-0.4, -0.2) is 5.60 Å². The maximum atomic E-state index is 14.9. The van der Waals surface area contributed by atoms with Crippen molar-refractivity contribution in [2.75, 3.05) is 0 Å². The van der Waals surface area contributed by atoms with Crippen molar-refractivity contribution in [1.29, 1.82) is 0 Å². The van der Waals surface area contributed by atoms with E-state index >= 15 is 0 Å². The van der Waals surface area contributed by atoms with Gasteiger partial charge in [-0.15, -0.1) is 0 Å². The predicted molar refractivity (Wildman–Crippen MR) is 109 cm³/mol. The molecule has 3 aromatic rings. The van der Waals surface area contributed by atoms with Gasteiger partial charge in [0.15, 0.2) is 26.3 Å². The molecule has 4 rings (SSSR count). The van der Waals surface area contributed by atoms with Gasteiger partial charge in [-0.25, -0.2) is 4.39 Å². The second-order valence-corrected chi connectivity index (χ2v) is 9.04. The summed E-state index contributed by atoms with van der Waals surface area (Å²) in [5.74, 6) is 0.113. The molecule has 0 unspecified atom stereocenters. The van der Waals surface area contributed by atoms with Crippen molar-refractivity contribution in [2.45, 2.75) is 52.9 Å². The molecule has 0 spiro atoms. The largest absolute Gasteiger partial charge is 0.484 e. The molecule has 0 heterocycles. The van der Waals surface area contributed by atoms with Gasteiger partial charge in [-0.05, 0) is 62.1 Å². The molecule has 3 aromatic carbocycles. The minimum absolute atomic E-state index is 0.164. The molecular formula is C24H24FOS+. The lowest BCUT2D eigenvalue weighted by Crippen LogP contribution is -2.42. The molecule has 1 saturated carbocycles. The molecule has 0 aliphatic heterocycles. The van der Waals surface area contributed by atoms with Crippen LogP contribution in [0.3, 0.4) is 0 Å². The van der Waals surface area contributed by atoms with E-state index in [2.05, 4.69) is 31.2 Å². The van der Waals surface area contributed by atoms with Gasteiger partial charge < -0.3 is 4.74 Å². The fourth-order valence-corrected chi connectivity index (χ4v) is 5.65. The molecule has 0 radical (unpaired) electrons. The average Bonchev–Trinajstić information content (AvgIpc) is 2.68. The molecular weight excluding hydrogens is 355 g/mol. The van der Waals surface area contributed by atoms with Gasteiger partial charge in [0.05, 0.1) is 10.9 Å². The van der Waals surface area contributed by atoms with Gasteiger partial charge in [0.25, 0.3) is 0 Å². The van der Waals surface area contributed by atoms with Gasteiger partial charge in [-0.1, -0.05) is 43.3 Å². The van der Waals surface area contributed by atoms with E-state index in [9.17, 15) is 4.39 Å². The topological polar surface area (TPSA) is 9.23 Å². The highest BCUT2D eigenvalue weighted by atomic mass is 32.2. The molecule has 0 amide bonds. The third-order valence-electron chi connectivity index (χ3n) is 5.33. The minimum atomic E-state index is -0.341. The Hall–Kier alpha value is -2.26. The number of ether oxygens (including phenoxy) is 1. The van der Waals surface area contributed by atoms with Crippen molar-refractivity contribution in [1.82, 2.24) is 0 Å². The molecule has 1 nitrogen and oxygen atoms in total. The van der Waals surface area contributed by atoms with Crippen LogP contribution in [0.1, 0.15) is 32.6 Å². The zero-order valence-corrected chi connectivity index (χ0v) is 16.3. The summed E-state index contributed by atoms with van der Waals surface area (Å²) in [5.41, 5.74) is -0.164. The third kappa shape index (κ3) is 3.74. The summed E-state index contributed by atoms with van der Waals surface area (Å²) < 4.78 is 21.0. The lowest BCUT2D eigenvalue weighted by molar-refractivity contribution is -0.0135. The van der Waals surface area contributed by atoms with E-state index in [4.69, 9.17) is 4.74 Å². The zero-order chi connectivity index (χ0) is 18.7. The summed E-state index contributed by atoms with van der Waals surface area (Å²) in [6.45, 7) is 2.12. The van der Waals surface area contributed by atoms with Crippen LogP contribution in [0.15, 0.2) is 93.5 Å². The van der Waals surface area contributed by atoms with E-state index in [1.54, 1.807) is 6.07 Å². The normalized spacial score (nSPS) is 15.4. The van der Waals surface area contributed by atoms with Gasteiger partial charge in [-0.3, -0.25) is 0 Å². The van der Waals surface area contributed by atoms with E-state index in [0.29, 0.717) is 5.75 Å². The quantitative estimate of drug-likeness (QED) is 0.437. The summed E-state index contributed by atoms with van der Waals surface area (Å²) in [4.78, 5) is 3.33. The first-order valence-electron chi connectivity index (χ1n) is 9.54. The van der Waals surface area contributed by atoms with Crippen molar-refractivity contribution >= 4 is 10.9 Å². The van der Waals surface area contributed by atoms with Crippen LogP contribution in [0.4, 0.5) is 4.39 Å². The molecule has 0 N–H and O–H groups in total. The summed E-state index contributed by atoms with van der Waals surface area (Å²) in [6.07, 6.45) is 4.12. The predicted octanol–water partition coefficient (Wildman–Crippen LogP) is 6.63. The third-order valence-corrected chi connectivity index (χ3v) is 7.54. The molecule has 0 aromatic heterocycles. The number of halogens is 1. The van der Waals surface area contributed by atoms with Crippen LogP contribution in [0.5, 0.6) is 5.75 Å². The Balaban J connectivity index is 1.70. The average molecular weight is 380 g/mol. The number of hydrogen-bond donors (Lipinski definition) is 0.